The maximum Gasteiger partial charge on any atom is 0.256 e. The zero-order valence-corrected chi connectivity index (χ0v) is 10.9. The summed E-state index contributed by atoms with van der Waals surface area (Å²) >= 11 is 0. The first-order valence-electron chi connectivity index (χ1n) is 6.96. The van der Waals surface area contributed by atoms with Crippen LogP contribution in [0, 0.1) is 0 Å². The molecule has 2 saturated heterocycles. The molecule has 1 aliphatic carbocycles. The minimum atomic E-state index is -0.952. The monoisotopic (exact) mass is 270 g/mol. The molecule has 2 aromatic rings. The van der Waals surface area contributed by atoms with Gasteiger partial charge in [-0.3, -0.25) is 0 Å². The third kappa shape index (κ3) is 1.05. The van der Waals surface area contributed by atoms with E-state index in [0.29, 0.717) is 26.4 Å². The minimum Gasteiger partial charge on any atom is -0.339 e. The Labute approximate surface area is 116 Å². The summed E-state index contributed by atoms with van der Waals surface area (Å²) in [6.45, 7) is 2.22. The van der Waals surface area contributed by atoms with Crippen molar-refractivity contribution in [2.24, 2.45) is 0 Å². The van der Waals surface area contributed by atoms with E-state index in [-0.39, 0.29) is 0 Å². The molecule has 3 aliphatic rings. The normalized spacial score (nSPS) is 25.2. The first-order chi connectivity index (χ1) is 9.87. The Balaban J connectivity index is 1.92. The standard InChI is InChI=1S/C16H14O4/c1-3-11-4-2-6-13-14(11)12(5-1)15(17-7-8-18-15)16(13)19-9-10-20-16/h1-6H,7-10H2. The molecule has 0 bridgehead atoms. The van der Waals surface area contributed by atoms with Crippen LogP contribution in [0.3, 0.4) is 0 Å². The number of hydrogen-bond acceptors (Lipinski definition) is 4. The summed E-state index contributed by atoms with van der Waals surface area (Å²) in [4.78, 5) is 0. The van der Waals surface area contributed by atoms with E-state index in [2.05, 4.69) is 24.3 Å². The predicted molar refractivity (Wildman–Crippen MR) is 71.1 cm³/mol. The highest BCUT2D eigenvalue weighted by Crippen LogP contribution is 2.59. The van der Waals surface area contributed by atoms with Gasteiger partial charge in [0.1, 0.15) is 0 Å². The topological polar surface area (TPSA) is 36.9 Å². The van der Waals surface area contributed by atoms with E-state index in [1.165, 1.54) is 0 Å². The average molecular weight is 270 g/mol. The van der Waals surface area contributed by atoms with Gasteiger partial charge in [-0.15, -0.1) is 0 Å². The van der Waals surface area contributed by atoms with Gasteiger partial charge in [-0.05, 0) is 10.8 Å². The SMILES string of the molecule is c1cc2c3c(cccc3c1)C1(OCCO1)C21OCCO1. The summed E-state index contributed by atoms with van der Waals surface area (Å²) < 4.78 is 24.2. The fourth-order valence-electron chi connectivity index (χ4n) is 3.76. The van der Waals surface area contributed by atoms with Crippen molar-refractivity contribution in [1.82, 2.24) is 0 Å². The Hall–Kier alpha value is -1.46. The van der Waals surface area contributed by atoms with Crippen LogP contribution in [-0.4, -0.2) is 26.4 Å². The van der Waals surface area contributed by atoms with E-state index < -0.39 is 11.6 Å². The zero-order chi connectivity index (χ0) is 13.2. The Morgan fingerprint density at radius 3 is 1.55 bits per heavy atom. The Morgan fingerprint density at radius 1 is 0.650 bits per heavy atom. The molecule has 2 spiro atoms. The molecule has 2 fully saturated rings. The van der Waals surface area contributed by atoms with Gasteiger partial charge in [0.05, 0.1) is 26.4 Å². The summed E-state index contributed by atoms with van der Waals surface area (Å²) in [6.07, 6.45) is 0. The van der Waals surface area contributed by atoms with Crippen LogP contribution in [0.5, 0.6) is 0 Å². The largest absolute Gasteiger partial charge is 0.339 e. The quantitative estimate of drug-likeness (QED) is 0.736. The molecule has 20 heavy (non-hydrogen) atoms. The van der Waals surface area contributed by atoms with Crippen LogP contribution in [0.4, 0.5) is 0 Å². The lowest BCUT2D eigenvalue weighted by Gasteiger charge is -2.37. The molecule has 2 aliphatic heterocycles. The Bertz CT molecular complexity index is 640. The number of benzene rings is 2. The summed E-state index contributed by atoms with van der Waals surface area (Å²) in [5.74, 6) is -1.90. The highest BCUT2D eigenvalue weighted by molar-refractivity contribution is 5.93. The molecule has 0 radical (unpaired) electrons. The van der Waals surface area contributed by atoms with Gasteiger partial charge in [0.25, 0.3) is 11.6 Å². The van der Waals surface area contributed by atoms with Crippen molar-refractivity contribution in [3.63, 3.8) is 0 Å². The Kier molecular flexibility index (Phi) is 2.02. The number of hydrogen-bond donors (Lipinski definition) is 0. The van der Waals surface area contributed by atoms with Crippen LogP contribution < -0.4 is 0 Å². The first-order valence-corrected chi connectivity index (χ1v) is 6.96. The lowest BCUT2D eigenvalue weighted by atomic mass is 10.0. The molecule has 0 atom stereocenters. The second-order valence-electron chi connectivity index (χ2n) is 5.34. The molecule has 102 valence electrons. The van der Waals surface area contributed by atoms with Crippen molar-refractivity contribution in [2.45, 2.75) is 11.6 Å². The van der Waals surface area contributed by atoms with Gasteiger partial charge in [0.15, 0.2) is 0 Å². The average Bonchev–Trinajstić information content (AvgIpc) is 3.20. The highest BCUT2D eigenvalue weighted by Gasteiger charge is 2.67. The molecule has 0 saturated carbocycles. The van der Waals surface area contributed by atoms with Crippen molar-refractivity contribution in [1.29, 1.82) is 0 Å². The van der Waals surface area contributed by atoms with Crippen molar-refractivity contribution in [2.75, 3.05) is 26.4 Å². The predicted octanol–water partition coefficient (Wildman–Crippen LogP) is 2.25. The lowest BCUT2D eigenvalue weighted by Crippen LogP contribution is -2.48. The molecule has 4 heteroatoms. The molecule has 5 rings (SSSR count). The van der Waals surface area contributed by atoms with Gasteiger partial charge in [0.2, 0.25) is 0 Å². The summed E-state index contributed by atoms with van der Waals surface area (Å²) in [5.41, 5.74) is 2.04. The number of fused-ring (bicyclic) bond motifs is 3. The van der Waals surface area contributed by atoms with Crippen LogP contribution in [0.2, 0.25) is 0 Å². The first kappa shape index (κ1) is 11.2. The van der Waals surface area contributed by atoms with E-state index in [9.17, 15) is 0 Å². The van der Waals surface area contributed by atoms with Gasteiger partial charge < -0.3 is 18.9 Å². The van der Waals surface area contributed by atoms with Crippen LogP contribution in [0.15, 0.2) is 36.4 Å². The molecular formula is C16H14O4. The molecular weight excluding hydrogens is 256 g/mol. The molecule has 0 unspecified atom stereocenters. The summed E-state index contributed by atoms with van der Waals surface area (Å²) in [6, 6.07) is 12.4. The lowest BCUT2D eigenvalue weighted by molar-refractivity contribution is -0.359. The second-order valence-corrected chi connectivity index (χ2v) is 5.34. The summed E-state index contributed by atoms with van der Waals surface area (Å²) in [5, 5.41) is 2.30. The number of rotatable bonds is 0. The maximum atomic E-state index is 6.04. The van der Waals surface area contributed by atoms with Gasteiger partial charge in [-0.25, -0.2) is 0 Å². The van der Waals surface area contributed by atoms with E-state index >= 15 is 0 Å². The van der Waals surface area contributed by atoms with Crippen molar-refractivity contribution >= 4 is 10.8 Å². The van der Waals surface area contributed by atoms with Crippen molar-refractivity contribution in [3.8, 4) is 0 Å². The van der Waals surface area contributed by atoms with Crippen LogP contribution >= 0.6 is 0 Å². The zero-order valence-electron chi connectivity index (χ0n) is 10.9. The van der Waals surface area contributed by atoms with E-state index in [1.54, 1.807) is 0 Å². The van der Waals surface area contributed by atoms with Gasteiger partial charge in [0, 0.05) is 11.1 Å². The number of ether oxygens (including phenoxy) is 4. The second kappa shape index (κ2) is 3.59. The molecule has 0 amide bonds. The fraction of sp³-hybridized carbons (Fsp3) is 0.375. The molecule has 0 N–H and O–H groups in total. The van der Waals surface area contributed by atoms with Crippen molar-refractivity contribution < 1.29 is 18.9 Å². The van der Waals surface area contributed by atoms with E-state index in [0.717, 1.165) is 21.9 Å². The fourth-order valence-corrected chi connectivity index (χ4v) is 3.76. The molecule has 2 aromatic carbocycles. The Morgan fingerprint density at radius 2 is 1.10 bits per heavy atom. The highest BCUT2D eigenvalue weighted by atomic mass is 16.8. The molecule has 4 nitrogen and oxygen atoms in total. The van der Waals surface area contributed by atoms with Crippen LogP contribution in [0.25, 0.3) is 10.8 Å². The molecule has 0 aromatic heterocycles. The van der Waals surface area contributed by atoms with Gasteiger partial charge in [-0.1, -0.05) is 36.4 Å². The van der Waals surface area contributed by atoms with Gasteiger partial charge >= 0.3 is 0 Å². The third-order valence-corrected chi connectivity index (χ3v) is 4.44. The van der Waals surface area contributed by atoms with E-state index in [4.69, 9.17) is 18.9 Å². The van der Waals surface area contributed by atoms with Crippen molar-refractivity contribution in [3.05, 3.63) is 47.5 Å². The van der Waals surface area contributed by atoms with Crippen LogP contribution in [0.1, 0.15) is 11.1 Å². The maximum absolute atomic E-state index is 6.04. The smallest absolute Gasteiger partial charge is 0.256 e. The van der Waals surface area contributed by atoms with E-state index in [1.807, 2.05) is 12.1 Å². The third-order valence-electron chi connectivity index (χ3n) is 4.44. The van der Waals surface area contributed by atoms with Crippen LogP contribution in [-0.2, 0) is 30.5 Å². The molecule has 2 heterocycles. The van der Waals surface area contributed by atoms with Gasteiger partial charge in [-0.2, -0.15) is 0 Å². The summed E-state index contributed by atoms with van der Waals surface area (Å²) in [7, 11) is 0. The minimum absolute atomic E-state index is 0.554.